The summed E-state index contributed by atoms with van der Waals surface area (Å²) in [6, 6.07) is 1.31. The van der Waals surface area contributed by atoms with E-state index in [9.17, 15) is 13.2 Å². The lowest BCUT2D eigenvalue weighted by atomic mass is 10.3. The number of hydrogen-bond acceptors (Lipinski definition) is 4. The summed E-state index contributed by atoms with van der Waals surface area (Å²) in [6.45, 7) is 0. The summed E-state index contributed by atoms with van der Waals surface area (Å²) in [6.07, 6.45) is 1.23. The third-order valence-electron chi connectivity index (χ3n) is 2.27. The number of aromatic nitrogens is 2. The van der Waals surface area contributed by atoms with E-state index >= 15 is 0 Å². The fraction of sp³-hybridized carbons (Fsp3) is 0.0909. The Kier molecular flexibility index (Phi) is 3.89. The highest BCUT2D eigenvalue weighted by Gasteiger charge is 2.14. The average molecular weight is 333 g/mol. The van der Waals surface area contributed by atoms with E-state index in [0.717, 1.165) is 6.07 Å². The van der Waals surface area contributed by atoms with Crippen molar-refractivity contribution in [2.75, 3.05) is 17.7 Å². The molecule has 4 nitrogen and oxygen atoms in total. The summed E-state index contributed by atoms with van der Waals surface area (Å²) in [4.78, 5) is 7.77. The van der Waals surface area contributed by atoms with Crippen LogP contribution in [0.1, 0.15) is 0 Å². The zero-order valence-electron chi connectivity index (χ0n) is 9.64. The quantitative estimate of drug-likeness (QED) is 0.845. The van der Waals surface area contributed by atoms with Gasteiger partial charge in [0.15, 0.2) is 11.6 Å². The van der Waals surface area contributed by atoms with Crippen LogP contribution in [0.5, 0.6) is 0 Å². The molecule has 1 aromatic heterocycles. The zero-order chi connectivity index (χ0) is 14.0. The fourth-order valence-corrected chi connectivity index (χ4v) is 1.91. The Labute approximate surface area is 115 Å². The largest absolute Gasteiger partial charge is 0.372 e. The summed E-state index contributed by atoms with van der Waals surface area (Å²) in [5.41, 5.74) is -0.348. The molecule has 0 fully saturated rings. The molecule has 0 unspecified atom stereocenters. The maximum absolute atomic E-state index is 13.5. The maximum Gasteiger partial charge on any atom is 0.182 e. The highest BCUT2D eigenvalue weighted by molar-refractivity contribution is 9.10. The molecular formula is C11H8BrF3N4. The molecule has 8 heteroatoms. The van der Waals surface area contributed by atoms with Crippen molar-refractivity contribution in [2.24, 2.45) is 0 Å². The number of benzene rings is 1. The third-order valence-corrected chi connectivity index (χ3v) is 3.02. The van der Waals surface area contributed by atoms with Gasteiger partial charge in [-0.2, -0.15) is 0 Å². The number of anilines is 3. The van der Waals surface area contributed by atoms with E-state index in [1.54, 1.807) is 7.05 Å². The molecule has 0 saturated heterocycles. The van der Waals surface area contributed by atoms with Crippen LogP contribution in [-0.4, -0.2) is 17.0 Å². The number of nitrogens with one attached hydrogen (secondary N) is 2. The Balaban J connectivity index is 2.42. The minimum Gasteiger partial charge on any atom is -0.372 e. The van der Waals surface area contributed by atoms with Gasteiger partial charge in [0.1, 0.15) is 28.3 Å². The predicted octanol–water partition coefficient (Wildman–Crippen LogP) is 3.44. The smallest absolute Gasteiger partial charge is 0.182 e. The van der Waals surface area contributed by atoms with Crippen LogP contribution in [0.15, 0.2) is 22.9 Å². The van der Waals surface area contributed by atoms with Crippen molar-refractivity contribution in [3.8, 4) is 0 Å². The summed E-state index contributed by atoms with van der Waals surface area (Å²) < 4.78 is 40.1. The number of rotatable bonds is 3. The van der Waals surface area contributed by atoms with E-state index in [-0.39, 0.29) is 11.5 Å². The number of hydrogen-bond donors (Lipinski definition) is 2. The summed E-state index contributed by atoms with van der Waals surface area (Å²) >= 11 is 3.20. The molecule has 0 spiro atoms. The minimum atomic E-state index is -1.28. The molecule has 0 radical (unpaired) electrons. The second-order valence-electron chi connectivity index (χ2n) is 3.51. The first kappa shape index (κ1) is 13.6. The SMILES string of the molecule is CNc1ncnc(Nc2cc(F)cc(F)c2F)c1Br. The molecule has 1 aromatic carbocycles. The van der Waals surface area contributed by atoms with Crippen molar-refractivity contribution in [3.63, 3.8) is 0 Å². The van der Waals surface area contributed by atoms with Crippen LogP contribution in [0.2, 0.25) is 0 Å². The van der Waals surface area contributed by atoms with Crippen molar-refractivity contribution in [2.45, 2.75) is 0 Å². The molecule has 2 aromatic rings. The summed E-state index contributed by atoms with van der Waals surface area (Å²) in [5.74, 6) is -2.71. The summed E-state index contributed by atoms with van der Waals surface area (Å²) in [5, 5.41) is 5.28. The molecule has 1 heterocycles. The van der Waals surface area contributed by atoms with Crippen LogP contribution >= 0.6 is 15.9 Å². The molecule has 0 bridgehead atoms. The van der Waals surface area contributed by atoms with Crippen LogP contribution in [0.25, 0.3) is 0 Å². The van der Waals surface area contributed by atoms with Gasteiger partial charge >= 0.3 is 0 Å². The second kappa shape index (κ2) is 5.43. The molecule has 0 aliphatic carbocycles. The molecule has 100 valence electrons. The van der Waals surface area contributed by atoms with Crippen molar-refractivity contribution in [3.05, 3.63) is 40.4 Å². The Hall–Kier alpha value is -1.83. The van der Waals surface area contributed by atoms with Crippen LogP contribution in [0.4, 0.5) is 30.5 Å². The highest BCUT2D eigenvalue weighted by atomic mass is 79.9. The van der Waals surface area contributed by atoms with Gasteiger partial charge in [-0.1, -0.05) is 0 Å². The fourth-order valence-electron chi connectivity index (χ4n) is 1.41. The van der Waals surface area contributed by atoms with E-state index in [4.69, 9.17) is 0 Å². The van der Waals surface area contributed by atoms with Gasteiger partial charge in [0, 0.05) is 19.2 Å². The van der Waals surface area contributed by atoms with Crippen LogP contribution in [0, 0.1) is 17.5 Å². The summed E-state index contributed by atoms with van der Waals surface area (Å²) in [7, 11) is 1.64. The zero-order valence-corrected chi connectivity index (χ0v) is 11.2. The van der Waals surface area contributed by atoms with Gasteiger partial charge in [0.2, 0.25) is 0 Å². The van der Waals surface area contributed by atoms with Crippen molar-refractivity contribution in [1.82, 2.24) is 9.97 Å². The number of nitrogens with zero attached hydrogens (tertiary/aromatic N) is 2. The lowest BCUT2D eigenvalue weighted by molar-refractivity contribution is 0.498. The van der Waals surface area contributed by atoms with Gasteiger partial charge in [0.05, 0.1) is 5.69 Å². The van der Waals surface area contributed by atoms with Gasteiger partial charge in [0.25, 0.3) is 0 Å². The van der Waals surface area contributed by atoms with Crippen LogP contribution < -0.4 is 10.6 Å². The average Bonchev–Trinajstić information content (AvgIpc) is 2.37. The second-order valence-corrected chi connectivity index (χ2v) is 4.30. The molecule has 0 atom stereocenters. The standard InChI is InChI=1S/C11H8BrF3N4/c1-16-10-8(12)11(18-4-17-10)19-7-3-5(13)2-6(14)9(7)15/h2-4H,1H3,(H2,16,17,18,19). The Morgan fingerprint density at radius 2 is 1.79 bits per heavy atom. The van der Waals surface area contributed by atoms with Gasteiger partial charge in [-0.3, -0.25) is 0 Å². The molecule has 0 aliphatic heterocycles. The van der Waals surface area contributed by atoms with Crippen LogP contribution in [0.3, 0.4) is 0 Å². The van der Waals surface area contributed by atoms with E-state index in [1.807, 2.05) is 0 Å². The predicted molar refractivity (Wildman–Crippen MR) is 68.9 cm³/mol. The van der Waals surface area contributed by atoms with E-state index in [0.29, 0.717) is 16.4 Å². The topological polar surface area (TPSA) is 49.8 Å². The van der Waals surface area contributed by atoms with Crippen molar-refractivity contribution < 1.29 is 13.2 Å². The van der Waals surface area contributed by atoms with E-state index < -0.39 is 17.5 Å². The van der Waals surface area contributed by atoms with Crippen LogP contribution in [-0.2, 0) is 0 Å². The first-order valence-corrected chi connectivity index (χ1v) is 5.92. The molecular weight excluding hydrogens is 325 g/mol. The third kappa shape index (κ3) is 2.78. The Morgan fingerprint density at radius 1 is 1.11 bits per heavy atom. The van der Waals surface area contributed by atoms with Crippen molar-refractivity contribution >= 4 is 33.3 Å². The lowest BCUT2D eigenvalue weighted by Crippen LogP contribution is -2.03. The molecule has 0 saturated carbocycles. The minimum absolute atomic E-state index is 0.184. The maximum atomic E-state index is 13.5. The molecule has 0 aliphatic rings. The van der Waals surface area contributed by atoms with E-state index in [2.05, 4.69) is 36.5 Å². The van der Waals surface area contributed by atoms with E-state index in [1.165, 1.54) is 6.33 Å². The Morgan fingerprint density at radius 3 is 2.47 bits per heavy atom. The lowest BCUT2D eigenvalue weighted by Gasteiger charge is -2.11. The van der Waals surface area contributed by atoms with Crippen molar-refractivity contribution in [1.29, 1.82) is 0 Å². The monoisotopic (exact) mass is 332 g/mol. The molecule has 19 heavy (non-hydrogen) atoms. The highest BCUT2D eigenvalue weighted by Crippen LogP contribution is 2.30. The number of halogens is 4. The molecule has 2 N–H and O–H groups in total. The normalized spacial score (nSPS) is 10.4. The first-order valence-electron chi connectivity index (χ1n) is 5.12. The van der Waals surface area contributed by atoms with Gasteiger partial charge in [-0.25, -0.2) is 23.1 Å². The van der Waals surface area contributed by atoms with Gasteiger partial charge in [-0.15, -0.1) is 0 Å². The van der Waals surface area contributed by atoms with Gasteiger partial charge < -0.3 is 10.6 Å². The Bertz CT molecular complexity index is 621. The first-order chi connectivity index (χ1) is 9.02. The molecule has 2 rings (SSSR count). The molecule has 0 amide bonds. The van der Waals surface area contributed by atoms with Gasteiger partial charge in [-0.05, 0) is 15.9 Å².